The first kappa shape index (κ1) is 20.9. The number of fused-ring (bicyclic) bond motifs is 2. The molecule has 152 valence electrons. The number of para-hydroxylation sites is 1. The van der Waals surface area contributed by atoms with Gasteiger partial charge in [-0.1, -0.05) is 56.5 Å². The third kappa shape index (κ3) is 4.79. The van der Waals surface area contributed by atoms with E-state index in [2.05, 4.69) is 55.2 Å². The van der Waals surface area contributed by atoms with E-state index in [-0.39, 0.29) is 11.6 Å². The Morgan fingerprint density at radius 2 is 2.10 bits per heavy atom. The number of carboxylic acids is 1. The maximum Gasteiger partial charge on any atom is 0.346 e. The molecule has 0 amide bonds. The zero-order valence-electron chi connectivity index (χ0n) is 17.4. The van der Waals surface area contributed by atoms with Gasteiger partial charge in [-0.15, -0.1) is 0 Å². The van der Waals surface area contributed by atoms with Crippen molar-refractivity contribution in [3.8, 4) is 6.07 Å². The number of unbranched alkanes of at least 4 members (excludes halogenated alkanes) is 3. The second-order valence-electron chi connectivity index (χ2n) is 8.06. The average molecular weight is 391 g/mol. The Morgan fingerprint density at radius 3 is 2.83 bits per heavy atom. The predicted molar refractivity (Wildman–Crippen MR) is 117 cm³/mol. The molecule has 0 aromatic heterocycles. The predicted octanol–water partition coefficient (Wildman–Crippen LogP) is 5.43. The van der Waals surface area contributed by atoms with Crippen LogP contribution in [0.5, 0.6) is 0 Å². The molecule has 0 saturated carbocycles. The molecule has 1 aromatic rings. The molecule has 4 heteroatoms. The smallest absolute Gasteiger partial charge is 0.346 e. The fourth-order valence-electron chi connectivity index (χ4n) is 4.63. The molecular formula is C25H30N2O2. The highest BCUT2D eigenvalue weighted by molar-refractivity contribution is 5.91. The fraction of sp³-hybridized carbons (Fsp3) is 0.440. The summed E-state index contributed by atoms with van der Waals surface area (Å²) in [5.41, 5.74) is 4.57. The quantitative estimate of drug-likeness (QED) is 0.383. The number of hydrogen-bond donors (Lipinski definition) is 1. The number of anilines is 1. The van der Waals surface area contributed by atoms with Crippen LogP contribution in [-0.2, 0) is 11.2 Å². The standard InChI is InChI=1S/C25H30N2O2/c1-3-4-5-8-13-27-23-10-7-6-9-20(23)11-12-21-15-19(14-18(2)24(21)27)16-22(17-26)25(28)29/h6-7,9-10,14-16,21,24H,3-5,8,11-13H2,1-2H3,(H,28,29)/b22-16+. The van der Waals surface area contributed by atoms with E-state index in [9.17, 15) is 9.90 Å². The number of carboxylic acid groups (broad SMARTS) is 1. The van der Waals surface area contributed by atoms with E-state index >= 15 is 0 Å². The number of hydrogen-bond acceptors (Lipinski definition) is 3. The Labute approximate surface area is 173 Å². The van der Waals surface area contributed by atoms with Gasteiger partial charge in [0, 0.05) is 18.2 Å². The van der Waals surface area contributed by atoms with Gasteiger partial charge in [0.2, 0.25) is 0 Å². The van der Waals surface area contributed by atoms with Gasteiger partial charge in [0.15, 0.2) is 0 Å². The molecule has 1 aliphatic heterocycles. The number of nitrogens with zero attached hydrogens (tertiary/aromatic N) is 2. The summed E-state index contributed by atoms with van der Waals surface area (Å²) in [6.07, 6.45) is 12.7. The van der Waals surface area contributed by atoms with Gasteiger partial charge in [-0.2, -0.15) is 5.26 Å². The number of allylic oxidation sites excluding steroid dienone is 3. The summed E-state index contributed by atoms with van der Waals surface area (Å²) in [6, 6.07) is 10.8. The Hall–Kier alpha value is -2.80. The molecule has 1 aromatic carbocycles. The van der Waals surface area contributed by atoms with Crippen molar-refractivity contribution in [2.75, 3.05) is 11.4 Å². The van der Waals surface area contributed by atoms with Crippen LogP contribution in [0.4, 0.5) is 5.69 Å². The minimum absolute atomic E-state index is 0.216. The maximum atomic E-state index is 11.2. The van der Waals surface area contributed by atoms with Crippen molar-refractivity contribution in [1.82, 2.24) is 0 Å². The molecule has 0 spiro atoms. The van der Waals surface area contributed by atoms with Gasteiger partial charge in [-0.25, -0.2) is 4.79 Å². The van der Waals surface area contributed by atoms with Crippen LogP contribution in [0.2, 0.25) is 0 Å². The van der Waals surface area contributed by atoms with Crippen LogP contribution >= 0.6 is 0 Å². The summed E-state index contributed by atoms with van der Waals surface area (Å²) in [7, 11) is 0. The third-order valence-electron chi connectivity index (χ3n) is 5.97. The van der Waals surface area contributed by atoms with Crippen molar-refractivity contribution < 1.29 is 9.90 Å². The molecule has 2 aliphatic rings. The molecule has 2 atom stereocenters. The molecule has 29 heavy (non-hydrogen) atoms. The highest BCUT2D eigenvalue weighted by Crippen LogP contribution is 2.39. The highest BCUT2D eigenvalue weighted by Gasteiger charge is 2.33. The van der Waals surface area contributed by atoms with E-state index in [0.717, 1.165) is 25.0 Å². The third-order valence-corrected chi connectivity index (χ3v) is 5.97. The van der Waals surface area contributed by atoms with Crippen LogP contribution in [0.1, 0.15) is 51.5 Å². The molecule has 2 unspecified atom stereocenters. The molecule has 0 radical (unpaired) electrons. The number of benzene rings is 1. The average Bonchev–Trinajstić information content (AvgIpc) is 2.86. The zero-order valence-corrected chi connectivity index (χ0v) is 17.4. The Morgan fingerprint density at radius 1 is 1.31 bits per heavy atom. The molecule has 3 rings (SSSR count). The van der Waals surface area contributed by atoms with E-state index in [4.69, 9.17) is 5.26 Å². The molecule has 1 N–H and O–H groups in total. The van der Waals surface area contributed by atoms with E-state index in [1.807, 2.05) is 0 Å². The molecular weight excluding hydrogens is 360 g/mol. The van der Waals surface area contributed by atoms with Crippen LogP contribution in [0.3, 0.4) is 0 Å². The van der Waals surface area contributed by atoms with Crippen LogP contribution < -0.4 is 4.90 Å². The Kier molecular flexibility index (Phi) is 6.93. The lowest BCUT2D eigenvalue weighted by Crippen LogP contribution is -2.42. The summed E-state index contributed by atoms with van der Waals surface area (Å²) in [6.45, 7) is 5.40. The minimum Gasteiger partial charge on any atom is -0.477 e. The van der Waals surface area contributed by atoms with Crippen molar-refractivity contribution >= 4 is 11.7 Å². The van der Waals surface area contributed by atoms with Crippen molar-refractivity contribution in [3.63, 3.8) is 0 Å². The van der Waals surface area contributed by atoms with Crippen molar-refractivity contribution in [2.45, 2.75) is 58.4 Å². The normalized spacial score (nSPS) is 21.3. The molecule has 1 heterocycles. The maximum absolute atomic E-state index is 11.2. The van der Waals surface area contributed by atoms with Crippen LogP contribution in [-0.4, -0.2) is 23.7 Å². The van der Waals surface area contributed by atoms with Crippen molar-refractivity contribution in [2.24, 2.45) is 5.92 Å². The van der Waals surface area contributed by atoms with Crippen LogP contribution in [0.15, 0.2) is 59.2 Å². The largest absolute Gasteiger partial charge is 0.477 e. The fourth-order valence-corrected chi connectivity index (χ4v) is 4.63. The van der Waals surface area contributed by atoms with Crippen molar-refractivity contribution in [1.29, 1.82) is 5.26 Å². The lowest BCUT2D eigenvalue weighted by Gasteiger charge is -2.39. The first-order valence-electron chi connectivity index (χ1n) is 10.6. The second kappa shape index (κ2) is 9.60. The van der Waals surface area contributed by atoms with E-state index in [1.54, 1.807) is 6.07 Å². The number of aliphatic carboxylic acids is 1. The molecule has 0 fully saturated rings. The molecule has 0 bridgehead atoms. The van der Waals surface area contributed by atoms with Gasteiger partial charge in [0.25, 0.3) is 0 Å². The molecule has 4 nitrogen and oxygen atoms in total. The van der Waals surface area contributed by atoms with E-state index in [1.165, 1.54) is 48.6 Å². The number of aryl methyl sites for hydroxylation is 1. The second-order valence-corrected chi connectivity index (χ2v) is 8.06. The van der Waals surface area contributed by atoms with Gasteiger partial charge in [-0.3, -0.25) is 0 Å². The minimum atomic E-state index is -1.17. The van der Waals surface area contributed by atoms with Crippen LogP contribution in [0.25, 0.3) is 0 Å². The number of nitriles is 1. The summed E-state index contributed by atoms with van der Waals surface area (Å²) < 4.78 is 0. The lowest BCUT2D eigenvalue weighted by atomic mass is 9.82. The first-order valence-corrected chi connectivity index (χ1v) is 10.6. The topological polar surface area (TPSA) is 64.3 Å². The Bertz CT molecular complexity index is 888. The van der Waals surface area contributed by atoms with Gasteiger partial charge in [0.05, 0.1) is 6.04 Å². The number of carbonyl (C=O) groups is 1. The summed E-state index contributed by atoms with van der Waals surface area (Å²) in [5, 5.41) is 18.3. The number of rotatable bonds is 7. The van der Waals surface area contributed by atoms with Crippen LogP contribution in [0, 0.1) is 17.2 Å². The Balaban J connectivity index is 1.94. The van der Waals surface area contributed by atoms with Crippen molar-refractivity contribution in [3.05, 3.63) is 64.8 Å². The highest BCUT2D eigenvalue weighted by atomic mass is 16.4. The summed E-state index contributed by atoms with van der Waals surface area (Å²) in [4.78, 5) is 13.8. The first-order chi connectivity index (χ1) is 14.0. The van der Waals surface area contributed by atoms with Gasteiger partial charge in [-0.05, 0) is 55.0 Å². The van der Waals surface area contributed by atoms with Gasteiger partial charge >= 0.3 is 5.97 Å². The SMILES string of the molecule is CCCCCCN1c2ccccc2CCC2C=C(/C=C(\C#N)C(=O)O)C=C(C)C21. The molecule has 1 aliphatic carbocycles. The monoisotopic (exact) mass is 390 g/mol. The summed E-state index contributed by atoms with van der Waals surface area (Å²) in [5.74, 6) is -0.869. The van der Waals surface area contributed by atoms with Gasteiger partial charge in [0.1, 0.15) is 11.6 Å². The zero-order chi connectivity index (χ0) is 20.8. The molecule has 0 saturated heterocycles. The summed E-state index contributed by atoms with van der Waals surface area (Å²) >= 11 is 0. The van der Waals surface area contributed by atoms with E-state index in [0.29, 0.717) is 5.92 Å². The lowest BCUT2D eigenvalue weighted by molar-refractivity contribution is -0.132. The van der Waals surface area contributed by atoms with Gasteiger partial charge < -0.3 is 10.0 Å². The van der Waals surface area contributed by atoms with E-state index < -0.39 is 5.97 Å².